The third-order valence-corrected chi connectivity index (χ3v) is 3.68. The van der Waals surface area contributed by atoms with Crippen molar-refractivity contribution in [1.29, 1.82) is 5.26 Å². The van der Waals surface area contributed by atoms with Gasteiger partial charge in [-0.2, -0.15) is 5.26 Å². The molecule has 1 saturated carbocycles. The van der Waals surface area contributed by atoms with Gasteiger partial charge in [-0.05, 0) is 37.0 Å². The summed E-state index contributed by atoms with van der Waals surface area (Å²) in [5.41, 5.74) is 1.10. The smallest absolute Gasteiger partial charge is 0.251 e. The van der Waals surface area contributed by atoms with E-state index in [1.807, 2.05) is 0 Å². The molecule has 1 amide bonds. The first-order chi connectivity index (χ1) is 8.70. The molecule has 0 bridgehead atoms. The third-order valence-electron chi connectivity index (χ3n) is 3.68. The Hall–Kier alpha value is -1.82. The van der Waals surface area contributed by atoms with Crippen molar-refractivity contribution in [3.05, 3.63) is 35.4 Å². The average molecular weight is 242 g/mol. The van der Waals surface area contributed by atoms with E-state index in [-0.39, 0.29) is 11.9 Å². The van der Waals surface area contributed by atoms with Crippen LogP contribution in [0.1, 0.15) is 48.5 Å². The van der Waals surface area contributed by atoms with E-state index in [2.05, 4.69) is 18.3 Å². The van der Waals surface area contributed by atoms with E-state index in [9.17, 15) is 4.79 Å². The van der Waals surface area contributed by atoms with Crippen LogP contribution in [0.3, 0.4) is 0 Å². The van der Waals surface area contributed by atoms with Crippen LogP contribution in [0.15, 0.2) is 24.3 Å². The lowest BCUT2D eigenvalue weighted by Gasteiger charge is -2.29. The van der Waals surface area contributed by atoms with Gasteiger partial charge >= 0.3 is 0 Å². The van der Waals surface area contributed by atoms with Crippen molar-refractivity contribution < 1.29 is 4.79 Å². The van der Waals surface area contributed by atoms with Crippen molar-refractivity contribution in [2.75, 3.05) is 0 Å². The highest BCUT2D eigenvalue weighted by molar-refractivity contribution is 5.94. The number of benzene rings is 1. The summed E-state index contributed by atoms with van der Waals surface area (Å²) in [4.78, 5) is 12.1. The highest BCUT2D eigenvalue weighted by Gasteiger charge is 2.23. The highest BCUT2D eigenvalue weighted by atomic mass is 16.1. The molecule has 1 aromatic rings. The molecule has 1 aromatic carbocycles. The van der Waals surface area contributed by atoms with E-state index in [0.717, 1.165) is 6.42 Å². The number of nitrogens with one attached hydrogen (secondary N) is 1. The second-order valence-electron chi connectivity index (χ2n) is 5.03. The molecule has 2 rings (SSSR count). The maximum absolute atomic E-state index is 12.1. The van der Waals surface area contributed by atoms with Gasteiger partial charge in [0.05, 0.1) is 11.6 Å². The molecule has 2 atom stereocenters. The number of nitriles is 1. The monoisotopic (exact) mass is 242 g/mol. The summed E-state index contributed by atoms with van der Waals surface area (Å²) in [7, 11) is 0. The molecule has 0 heterocycles. The van der Waals surface area contributed by atoms with Crippen LogP contribution in [0.4, 0.5) is 0 Å². The summed E-state index contributed by atoms with van der Waals surface area (Å²) in [6, 6.07) is 9.18. The maximum atomic E-state index is 12.1. The van der Waals surface area contributed by atoms with Crippen molar-refractivity contribution in [1.82, 2.24) is 5.32 Å². The molecular formula is C15H18N2O. The summed E-state index contributed by atoms with van der Waals surface area (Å²) < 4.78 is 0. The molecule has 0 spiro atoms. The van der Waals surface area contributed by atoms with Gasteiger partial charge in [0.1, 0.15) is 0 Å². The van der Waals surface area contributed by atoms with Gasteiger partial charge in [-0.15, -0.1) is 0 Å². The van der Waals surface area contributed by atoms with E-state index in [0.29, 0.717) is 17.0 Å². The molecule has 0 aliphatic heterocycles. The van der Waals surface area contributed by atoms with E-state index in [4.69, 9.17) is 5.26 Å². The number of carbonyl (C=O) groups is 1. The first kappa shape index (κ1) is 12.6. The predicted molar refractivity (Wildman–Crippen MR) is 70.0 cm³/mol. The fourth-order valence-corrected chi connectivity index (χ4v) is 2.51. The van der Waals surface area contributed by atoms with Crippen LogP contribution in [0, 0.1) is 17.2 Å². The molecule has 1 N–H and O–H groups in total. The Morgan fingerprint density at radius 3 is 2.89 bits per heavy atom. The minimum absolute atomic E-state index is 0.0640. The zero-order valence-corrected chi connectivity index (χ0v) is 10.6. The topological polar surface area (TPSA) is 52.9 Å². The Morgan fingerprint density at radius 1 is 1.39 bits per heavy atom. The van der Waals surface area contributed by atoms with Crippen LogP contribution in [0.25, 0.3) is 0 Å². The number of hydrogen-bond acceptors (Lipinski definition) is 2. The molecule has 1 fully saturated rings. The van der Waals surface area contributed by atoms with Gasteiger partial charge in [0.15, 0.2) is 0 Å². The molecule has 0 aromatic heterocycles. The Morgan fingerprint density at radius 2 is 2.17 bits per heavy atom. The minimum atomic E-state index is -0.0640. The average Bonchev–Trinajstić information content (AvgIpc) is 2.41. The van der Waals surface area contributed by atoms with Gasteiger partial charge in [-0.25, -0.2) is 0 Å². The normalized spacial score (nSPS) is 23.1. The van der Waals surface area contributed by atoms with Crippen LogP contribution in [-0.2, 0) is 0 Å². The lowest BCUT2D eigenvalue weighted by Crippen LogP contribution is -2.41. The summed E-state index contributed by atoms with van der Waals surface area (Å²) in [5.74, 6) is 0.479. The standard InChI is InChI=1S/C15H18N2O/c1-11-5-2-3-8-14(11)17-15(18)13-7-4-6-12(9-13)10-16/h4,6-7,9,11,14H,2-3,5,8H2,1H3,(H,17,18)/t11-,14-/m0/s1. The first-order valence-corrected chi connectivity index (χ1v) is 6.51. The zero-order valence-electron chi connectivity index (χ0n) is 10.6. The molecule has 0 unspecified atom stereocenters. The van der Waals surface area contributed by atoms with Gasteiger partial charge in [-0.1, -0.05) is 25.8 Å². The number of nitrogens with zero attached hydrogens (tertiary/aromatic N) is 1. The number of hydrogen-bond donors (Lipinski definition) is 1. The van der Waals surface area contributed by atoms with Crippen LogP contribution < -0.4 is 5.32 Å². The SMILES string of the molecule is C[C@H]1CCCC[C@@H]1NC(=O)c1cccc(C#N)c1. The van der Waals surface area contributed by atoms with Gasteiger partial charge < -0.3 is 5.32 Å². The molecular weight excluding hydrogens is 224 g/mol. The predicted octanol–water partition coefficient (Wildman–Crippen LogP) is 2.87. The van der Waals surface area contributed by atoms with Gasteiger partial charge in [0.2, 0.25) is 0 Å². The Balaban J connectivity index is 2.05. The van der Waals surface area contributed by atoms with Crippen molar-refractivity contribution in [2.45, 2.75) is 38.6 Å². The fourth-order valence-electron chi connectivity index (χ4n) is 2.51. The molecule has 1 aliphatic rings. The second kappa shape index (κ2) is 5.68. The first-order valence-electron chi connectivity index (χ1n) is 6.51. The number of carbonyl (C=O) groups excluding carboxylic acids is 1. The Labute approximate surface area is 108 Å². The van der Waals surface area contributed by atoms with Crippen molar-refractivity contribution in [3.63, 3.8) is 0 Å². The largest absolute Gasteiger partial charge is 0.349 e. The number of rotatable bonds is 2. The van der Waals surface area contributed by atoms with Crippen LogP contribution >= 0.6 is 0 Å². The van der Waals surface area contributed by atoms with E-state index >= 15 is 0 Å². The van der Waals surface area contributed by atoms with Gasteiger partial charge in [0.25, 0.3) is 5.91 Å². The third kappa shape index (κ3) is 2.89. The summed E-state index contributed by atoms with van der Waals surface area (Å²) in [6.07, 6.45) is 4.69. The highest BCUT2D eigenvalue weighted by Crippen LogP contribution is 2.24. The lowest BCUT2D eigenvalue weighted by molar-refractivity contribution is 0.0910. The number of amides is 1. The van der Waals surface area contributed by atoms with Crippen molar-refractivity contribution in [3.8, 4) is 6.07 Å². The zero-order chi connectivity index (χ0) is 13.0. The molecule has 3 heteroatoms. The molecule has 94 valence electrons. The molecule has 0 saturated heterocycles. The van der Waals surface area contributed by atoms with Gasteiger partial charge in [0, 0.05) is 11.6 Å². The Kier molecular flexibility index (Phi) is 3.99. The minimum Gasteiger partial charge on any atom is -0.349 e. The van der Waals surface area contributed by atoms with Crippen LogP contribution in [0.5, 0.6) is 0 Å². The van der Waals surface area contributed by atoms with E-state index < -0.39 is 0 Å². The second-order valence-corrected chi connectivity index (χ2v) is 5.03. The molecule has 0 radical (unpaired) electrons. The molecule has 1 aliphatic carbocycles. The van der Waals surface area contributed by atoms with Gasteiger partial charge in [-0.3, -0.25) is 4.79 Å². The van der Waals surface area contributed by atoms with E-state index in [1.165, 1.54) is 19.3 Å². The Bertz CT molecular complexity index is 476. The molecule has 3 nitrogen and oxygen atoms in total. The quantitative estimate of drug-likeness (QED) is 0.867. The van der Waals surface area contributed by atoms with E-state index in [1.54, 1.807) is 24.3 Å². The fraction of sp³-hybridized carbons (Fsp3) is 0.467. The van der Waals surface area contributed by atoms with Crippen molar-refractivity contribution >= 4 is 5.91 Å². The summed E-state index contributed by atoms with van der Waals surface area (Å²) in [5, 5.41) is 11.9. The van der Waals surface area contributed by atoms with Crippen LogP contribution in [-0.4, -0.2) is 11.9 Å². The van der Waals surface area contributed by atoms with Crippen molar-refractivity contribution in [2.24, 2.45) is 5.92 Å². The summed E-state index contributed by atoms with van der Waals surface area (Å²) in [6.45, 7) is 2.19. The maximum Gasteiger partial charge on any atom is 0.251 e. The van der Waals surface area contributed by atoms with Crippen LogP contribution in [0.2, 0.25) is 0 Å². The lowest BCUT2D eigenvalue weighted by atomic mass is 9.86. The summed E-state index contributed by atoms with van der Waals surface area (Å²) >= 11 is 0. The molecule has 18 heavy (non-hydrogen) atoms.